The van der Waals surface area contributed by atoms with Crippen molar-refractivity contribution in [3.05, 3.63) is 35.1 Å². The minimum absolute atomic E-state index is 0.239. The quantitative estimate of drug-likeness (QED) is 0.0607. The van der Waals surface area contributed by atoms with Gasteiger partial charge in [0.2, 0.25) is 6.10 Å². The largest absolute Gasteiger partial charge is 0.487 e. The number of Topliss-reactive ketones (excluding diaryl/α,β-unsaturated/α-hetero) is 1. The molecule has 0 bridgehead atoms. The van der Waals surface area contributed by atoms with Gasteiger partial charge in [0.05, 0.1) is 18.9 Å². The standard InChI is InChI=1S/C37H56O9/c1-23(2)11-8-12-24(3)13-9-14-25(4)15-10-18-37(7)19-16-28-27(6)30(21-26(5)33(28)46-37)44-31(40)17-20-43-35-32(41)36(42)45-34(35)29(39)22-38/h17,20-21,23-25,29,34-35,38-39H,8-16,18-19,22H2,1-7H3/b20-17+. The Balaban J connectivity index is 1.48. The van der Waals surface area contributed by atoms with Crippen molar-refractivity contribution in [2.45, 2.75) is 143 Å². The van der Waals surface area contributed by atoms with Crippen LogP contribution in [0.3, 0.4) is 0 Å². The third-order valence-electron chi connectivity index (χ3n) is 9.54. The van der Waals surface area contributed by atoms with Crippen molar-refractivity contribution in [1.29, 1.82) is 0 Å². The highest BCUT2D eigenvalue weighted by Gasteiger charge is 2.48. The van der Waals surface area contributed by atoms with Gasteiger partial charge in [0, 0.05) is 5.56 Å². The highest BCUT2D eigenvalue weighted by atomic mass is 16.6. The van der Waals surface area contributed by atoms with Crippen LogP contribution in [0.4, 0.5) is 0 Å². The average molecular weight is 645 g/mol. The van der Waals surface area contributed by atoms with E-state index >= 15 is 0 Å². The summed E-state index contributed by atoms with van der Waals surface area (Å²) in [7, 11) is 0. The molecule has 0 radical (unpaired) electrons. The van der Waals surface area contributed by atoms with E-state index < -0.39 is 42.6 Å². The predicted molar refractivity (Wildman–Crippen MR) is 176 cm³/mol. The maximum atomic E-state index is 12.6. The van der Waals surface area contributed by atoms with Crippen LogP contribution in [0.1, 0.15) is 116 Å². The second-order valence-electron chi connectivity index (χ2n) is 14.3. The van der Waals surface area contributed by atoms with Gasteiger partial charge in [-0.15, -0.1) is 0 Å². The van der Waals surface area contributed by atoms with E-state index in [2.05, 4.69) is 34.6 Å². The zero-order valence-electron chi connectivity index (χ0n) is 28.9. The molecule has 2 aliphatic rings. The summed E-state index contributed by atoms with van der Waals surface area (Å²) in [5, 5.41) is 18.9. The number of hydrogen-bond acceptors (Lipinski definition) is 9. The molecule has 46 heavy (non-hydrogen) atoms. The number of aliphatic hydroxyl groups excluding tert-OH is 2. The summed E-state index contributed by atoms with van der Waals surface area (Å²) in [6.45, 7) is 14.7. The topological polar surface area (TPSA) is 129 Å². The van der Waals surface area contributed by atoms with Crippen LogP contribution in [0.25, 0.3) is 0 Å². The second kappa shape index (κ2) is 17.3. The Morgan fingerprint density at radius 2 is 1.67 bits per heavy atom. The van der Waals surface area contributed by atoms with E-state index in [1.807, 2.05) is 13.8 Å². The minimum atomic E-state index is -1.50. The van der Waals surface area contributed by atoms with E-state index in [0.717, 1.165) is 72.3 Å². The van der Waals surface area contributed by atoms with Crippen LogP contribution in [0.5, 0.6) is 11.5 Å². The molecule has 2 aliphatic heterocycles. The molecule has 2 N–H and O–H groups in total. The van der Waals surface area contributed by atoms with Gasteiger partial charge in [0.1, 0.15) is 23.2 Å². The minimum Gasteiger partial charge on any atom is -0.487 e. The number of fused-ring (bicyclic) bond motifs is 1. The van der Waals surface area contributed by atoms with Gasteiger partial charge in [0.15, 0.2) is 6.10 Å². The summed E-state index contributed by atoms with van der Waals surface area (Å²) in [6, 6.07) is 1.79. The lowest BCUT2D eigenvalue weighted by atomic mass is 9.84. The third-order valence-corrected chi connectivity index (χ3v) is 9.54. The Bertz CT molecular complexity index is 1220. The van der Waals surface area contributed by atoms with E-state index in [-0.39, 0.29) is 5.60 Å². The van der Waals surface area contributed by atoms with Crippen molar-refractivity contribution in [3.8, 4) is 11.5 Å². The normalized spacial score (nSPS) is 23.2. The van der Waals surface area contributed by atoms with Gasteiger partial charge in [-0.3, -0.25) is 4.79 Å². The number of hydrogen-bond donors (Lipinski definition) is 2. The Morgan fingerprint density at radius 1 is 1.04 bits per heavy atom. The molecule has 9 heteroatoms. The highest BCUT2D eigenvalue weighted by molar-refractivity contribution is 6.37. The highest BCUT2D eigenvalue weighted by Crippen LogP contribution is 2.43. The van der Waals surface area contributed by atoms with Crippen LogP contribution in [0.2, 0.25) is 0 Å². The van der Waals surface area contributed by atoms with E-state index in [9.17, 15) is 19.5 Å². The number of benzene rings is 1. The molecular weight excluding hydrogens is 588 g/mol. The molecule has 0 amide bonds. The van der Waals surface area contributed by atoms with Gasteiger partial charge in [-0.25, -0.2) is 9.59 Å². The molecule has 1 aromatic rings. The maximum Gasteiger partial charge on any atom is 0.379 e. The summed E-state index contributed by atoms with van der Waals surface area (Å²) in [5.41, 5.74) is 2.51. The fourth-order valence-electron chi connectivity index (χ4n) is 6.50. The molecule has 0 spiro atoms. The number of ether oxygens (including phenoxy) is 4. The van der Waals surface area contributed by atoms with Gasteiger partial charge in [-0.2, -0.15) is 0 Å². The third kappa shape index (κ3) is 10.6. The Hall–Kier alpha value is -2.91. The van der Waals surface area contributed by atoms with Crippen molar-refractivity contribution in [2.24, 2.45) is 17.8 Å². The lowest BCUT2D eigenvalue weighted by Crippen LogP contribution is -2.40. The van der Waals surface area contributed by atoms with Gasteiger partial charge in [-0.1, -0.05) is 72.6 Å². The molecule has 3 rings (SSSR count). The van der Waals surface area contributed by atoms with E-state index in [0.29, 0.717) is 11.7 Å². The fraction of sp³-hybridized carbons (Fsp3) is 0.703. The van der Waals surface area contributed by atoms with Crippen molar-refractivity contribution in [2.75, 3.05) is 6.61 Å². The van der Waals surface area contributed by atoms with Crippen LogP contribution in [-0.2, 0) is 30.3 Å². The number of esters is 2. The lowest BCUT2D eigenvalue weighted by molar-refractivity contribution is -0.152. The van der Waals surface area contributed by atoms with Crippen LogP contribution < -0.4 is 9.47 Å². The molecule has 9 nitrogen and oxygen atoms in total. The van der Waals surface area contributed by atoms with E-state index in [4.69, 9.17) is 24.1 Å². The molecule has 0 aliphatic carbocycles. The number of carbonyl (C=O) groups is 3. The Kier molecular flexibility index (Phi) is 14.1. The van der Waals surface area contributed by atoms with Gasteiger partial charge in [-0.05, 0) is 81.4 Å². The second-order valence-corrected chi connectivity index (χ2v) is 14.3. The van der Waals surface area contributed by atoms with Crippen LogP contribution in [-0.4, -0.2) is 58.5 Å². The molecule has 6 unspecified atom stereocenters. The first-order valence-corrected chi connectivity index (χ1v) is 17.1. The first-order valence-electron chi connectivity index (χ1n) is 17.1. The van der Waals surface area contributed by atoms with Crippen LogP contribution >= 0.6 is 0 Å². The Labute approximate surface area is 275 Å². The van der Waals surface area contributed by atoms with Crippen LogP contribution in [0.15, 0.2) is 18.4 Å². The molecule has 1 aromatic carbocycles. The zero-order valence-corrected chi connectivity index (χ0v) is 28.9. The summed E-state index contributed by atoms with van der Waals surface area (Å²) >= 11 is 0. The number of cyclic esters (lactones) is 1. The smallest absolute Gasteiger partial charge is 0.379 e. The first-order chi connectivity index (χ1) is 21.7. The van der Waals surface area contributed by atoms with Crippen molar-refractivity contribution in [3.63, 3.8) is 0 Å². The van der Waals surface area contributed by atoms with Gasteiger partial charge < -0.3 is 29.2 Å². The molecule has 0 saturated carbocycles. The molecule has 258 valence electrons. The lowest BCUT2D eigenvalue weighted by Gasteiger charge is -2.38. The first kappa shape index (κ1) is 37.5. The zero-order chi connectivity index (χ0) is 34.0. The number of aryl methyl sites for hydroxylation is 1. The molecule has 1 saturated heterocycles. The summed E-state index contributed by atoms with van der Waals surface area (Å²) in [5.74, 6) is 0.686. The average Bonchev–Trinajstić information content (AvgIpc) is 3.27. The SMILES string of the molecule is Cc1cc(OC(=O)/C=C/OC2C(=O)C(=O)OC2C(O)CO)c(C)c2c1OC(C)(CCCC(C)CCCC(C)CCCC(C)C)CC2. The molecule has 2 heterocycles. The Morgan fingerprint density at radius 3 is 2.30 bits per heavy atom. The van der Waals surface area contributed by atoms with E-state index in [1.165, 1.54) is 44.9 Å². The summed E-state index contributed by atoms with van der Waals surface area (Å²) < 4.78 is 22.2. The fourth-order valence-corrected chi connectivity index (χ4v) is 6.50. The van der Waals surface area contributed by atoms with Crippen molar-refractivity contribution >= 4 is 17.7 Å². The monoisotopic (exact) mass is 644 g/mol. The summed E-state index contributed by atoms with van der Waals surface area (Å²) in [6.07, 6.45) is 10.6. The number of rotatable bonds is 18. The number of ketones is 1. The van der Waals surface area contributed by atoms with Crippen molar-refractivity contribution in [1.82, 2.24) is 0 Å². The van der Waals surface area contributed by atoms with Crippen LogP contribution in [0, 0.1) is 31.6 Å². The maximum absolute atomic E-state index is 12.6. The predicted octanol–water partition coefficient (Wildman–Crippen LogP) is 6.48. The summed E-state index contributed by atoms with van der Waals surface area (Å²) in [4.78, 5) is 36.2. The molecule has 6 atom stereocenters. The van der Waals surface area contributed by atoms with Crippen molar-refractivity contribution < 1.29 is 43.5 Å². The molecular formula is C37H56O9. The molecule has 0 aromatic heterocycles. The van der Waals surface area contributed by atoms with E-state index in [1.54, 1.807) is 6.07 Å². The molecule has 1 fully saturated rings. The van der Waals surface area contributed by atoms with Gasteiger partial charge in [0.25, 0.3) is 5.78 Å². The number of aliphatic hydroxyl groups is 2. The van der Waals surface area contributed by atoms with Gasteiger partial charge >= 0.3 is 11.9 Å². The number of carbonyl (C=O) groups excluding carboxylic acids is 3.